The van der Waals surface area contributed by atoms with Gasteiger partial charge in [0.15, 0.2) is 9.84 Å². The van der Waals surface area contributed by atoms with Gasteiger partial charge in [-0.15, -0.1) is 0 Å². The molecule has 0 bridgehead atoms. The first kappa shape index (κ1) is 30.1. The second-order valence-electron chi connectivity index (χ2n) is 10.6. The van der Waals surface area contributed by atoms with Crippen LogP contribution in [0.1, 0.15) is 52.0 Å². The third-order valence-corrected chi connectivity index (χ3v) is 8.96. The van der Waals surface area contributed by atoms with Gasteiger partial charge in [0.2, 0.25) is 5.91 Å². The summed E-state index contributed by atoms with van der Waals surface area (Å²) in [7, 11) is -3.41. The average molecular weight is 592 g/mol. The highest BCUT2D eigenvalue weighted by molar-refractivity contribution is 7.91. The van der Waals surface area contributed by atoms with Crippen molar-refractivity contribution in [3.63, 3.8) is 0 Å². The van der Waals surface area contributed by atoms with Crippen molar-refractivity contribution in [2.45, 2.75) is 65.1 Å². The van der Waals surface area contributed by atoms with Crippen molar-refractivity contribution in [1.29, 1.82) is 0 Å². The molecule has 2 aliphatic heterocycles. The summed E-state index contributed by atoms with van der Waals surface area (Å²) in [4.78, 5) is 33.9. The molecule has 1 atom stereocenters. The van der Waals surface area contributed by atoms with E-state index in [2.05, 4.69) is 22.1 Å². The fraction of sp³-hybridized carbons (Fsp3) is 0.640. The van der Waals surface area contributed by atoms with Crippen LogP contribution in [0, 0.1) is 5.41 Å². The van der Waals surface area contributed by atoms with E-state index in [0.717, 1.165) is 44.2 Å². The standard InChI is InChI=1S/C25H36Cl2N4O4S2/c1-17(5-9-28-24(33)22-23(27)29-20(26)13-25(22,2)3)30-10-6-19(7-11-30)31(14-18-8-12-36-15-18)21(32)16-37(4,34)35/h8,12,15,17,19H,5-7,9-11,13-14,16H2,1-4H3,(H,28,33)/t17-/m1/s1. The van der Waals surface area contributed by atoms with E-state index in [1.807, 2.05) is 30.7 Å². The van der Waals surface area contributed by atoms with Crippen LogP contribution in [0.2, 0.25) is 0 Å². The predicted octanol–water partition coefficient (Wildman–Crippen LogP) is 4.00. The molecule has 0 saturated carbocycles. The van der Waals surface area contributed by atoms with Crippen molar-refractivity contribution < 1.29 is 18.0 Å². The van der Waals surface area contributed by atoms with Crippen LogP contribution >= 0.6 is 34.5 Å². The summed E-state index contributed by atoms with van der Waals surface area (Å²) in [6.07, 6.45) is 3.86. The Hall–Kier alpha value is -1.46. The van der Waals surface area contributed by atoms with Gasteiger partial charge in [-0.2, -0.15) is 11.3 Å². The van der Waals surface area contributed by atoms with Crippen LogP contribution in [-0.2, 0) is 26.0 Å². The van der Waals surface area contributed by atoms with Crippen LogP contribution in [0.25, 0.3) is 0 Å². The van der Waals surface area contributed by atoms with Crippen molar-refractivity contribution >= 4 is 61.4 Å². The fourth-order valence-corrected chi connectivity index (χ4v) is 7.13. The number of nitrogens with one attached hydrogen (secondary N) is 1. The molecule has 0 aliphatic carbocycles. The third kappa shape index (κ3) is 8.51. The second-order valence-corrected chi connectivity index (χ2v) is 14.3. The predicted molar refractivity (Wildman–Crippen MR) is 151 cm³/mol. The Bertz CT molecular complexity index is 1140. The number of carbonyl (C=O) groups excluding carboxylic acids is 2. The summed E-state index contributed by atoms with van der Waals surface area (Å²) >= 11 is 13.9. The fourth-order valence-electron chi connectivity index (χ4n) is 4.95. The van der Waals surface area contributed by atoms with Gasteiger partial charge in [0.1, 0.15) is 16.1 Å². The summed E-state index contributed by atoms with van der Waals surface area (Å²) in [5.41, 5.74) is 0.982. The topological polar surface area (TPSA) is 99.2 Å². The van der Waals surface area contributed by atoms with E-state index in [1.54, 1.807) is 16.2 Å². The molecule has 0 spiro atoms. The first-order valence-electron chi connectivity index (χ1n) is 12.4. The van der Waals surface area contributed by atoms with Gasteiger partial charge in [-0.3, -0.25) is 9.59 Å². The van der Waals surface area contributed by atoms with Crippen molar-refractivity contribution in [3.8, 4) is 0 Å². The molecule has 3 rings (SSSR count). The summed E-state index contributed by atoms with van der Waals surface area (Å²) in [5, 5.41) is 7.47. The van der Waals surface area contributed by atoms with Gasteiger partial charge in [-0.05, 0) is 48.6 Å². The number of likely N-dealkylation sites (tertiary alicyclic amines) is 1. The van der Waals surface area contributed by atoms with Gasteiger partial charge in [0.05, 0.1) is 5.57 Å². The molecular weight excluding hydrogens is 555 g/mol. The number of rotatable bonds is 10. The van der Waals surface area contributed by atoms with Crippen LogP contribution in [0.3, 0.4) is 0 Å². The van der Waals surface area contributed by atoms with E-state index in [4.69, 9.17) is 23.2 Å². The van der Waals surface area contributed by atoms with Gasteiger partial charge < -0.3 is 15.1 Å². The maximum absolute atomic E-state index is 12.9. The Morgan fingerprint density at radius 3 is 2.54 bits per heavy atom. The van der Waals surface area contributed by atoms with Gasteiger partial charge in [0.25, 0.3) is 5.91 Å². The first-order chi connectivity index (χ1) is 17.3. The normalized spacial score (nSPS) is 19.9. The van der Waals surface area contributed by atoms with Gasteiger partial charge in [-0.1, -0.05) is 37.0 Å². The molecule has 1 fully saturated rings. The quantitative estimate of drug-likeness (QED) is 0.415. The van der Waals surface area contributed by atoms with Crippen molar-refractivity contribution in [2.75, 3.05) is 31.6 Å². The number of thiophene rings is 1. The number of halogens is 2. The molecule has 0 aromatic carbocycles. The number of hydrogen-bond donors (Lipinski definition) is 1. The molecule has 1 saturated heterocycles. The second kappa shape index (κ2) is 12.6. The van der Waals surface area contributed by atoms with Crippen LogP contribution in [0.15, 0.2) is 32.5 Å². The molecule has 1 N–H and O–H groups in total. The summed E-state index contributed by atoms with van der Waals surface area (Å²) in [5.74, 6) is -1.03. The SMILES string of the molecule is C[C@H](CCNC(=O)C1=C(Cl)N=C(Cl)CC1(C)C)N1CCC(N(Cc2ccsc2)C(=O)CS(C)(=O)=O)CC1. The van der Waals surface area contributed by atoms with E-state index < -0.39 is 21.0 Å². The van der Waals surface area contributed by atoms with Crippen LogP contribution in [0.5, 0.6) is 0 Å². The molecule has 8 nitrogen and oxygen atoms in total. The van der Waals surface area contributed by atoms with E-state index in [-0.39, 0.29) is 29.1 Å². The Kier molecular flexibility index (Phi) is 10.2. The lowest BCUT2D eigenvalue weighted by Gasteiger charge is -2.40. The molecule has 1 aromatic heterocycles. The minimum absolute atomic E-state index is 0.00714. The summed E-state index contributed by atoms with van der Waals surface area (Å²) in [6.45, 7) is 8.50. The smallest absolute Gasteiger partial charge is 0.250 e. The highest BCUT2D eigenvalue weighted by Gasteiger charge is 2.36. The zero-order chi connectivity index (χ0) is 27.4. The lowest BCUT2D eigenvalue weighted by Crippen LogP contribution is -2.50. The minimum Gasteiger partial charge on any atom is -0.352 e. The molecule has 12 heteroatoms. The zero-order valence-electron chi connectivity index (χ0n) is 21.8. The van der Waals surface area contributed by atoms with Gasteiger partial charge in [-0.25, -0.2) is 13.4 Å². The minimum atomic E-state index is -3.41. The van der Waals surface area contributed by atoms with Crippen molar-refractivity contribution in [3.05, 3.63) is 33.1 Å². The van der Waals surface area contributed by atoms with E-state index >= 15 is 0 Å². The van der Waals surface area contributed by atoms with Crippen LogP contribution in [0.4, 0.5) is 0 Å². The molecule has 3 heterocycles. The molecule has 0 unspecified atom stereocenters. The van der Waals surface area contributed by atoms with Gasteiger partial charge in [0, 0.05) is 56.4 Å². The van der Waals surface area contributed by atoms with Crippen LogP contribution in [-0.4, -0.2) is 78.9 Å². The number of amides is 2. The maximum atomic E-state index is 12.9. The third-order valence-electron chi connectivity index (χ3n) is 6.97. The molecule has 2 aliphatic rings. The van der Waals surface area contributed by atoms with Gasteiger partial charge >= 0.3 is 0 Å². The number of piperidine rings is 1. The Morgan fingerprint density at radius 2 is 1.97 bits per heavy atom. The first-order valence-corrected chi connectivity index (χ1v) is 16.2. The molecule has 0 radical (unpaired) electrons. The highest BCUT2D eigenvalue weighted by atomic mass is 35.5. The lowest BCUT2D eigenvalue weighted by atomic mass is 9.80. The molecule has 206 valence electrons. The monoisotopic (exact) mass is 590 g/mol. The summed E-state index contributed by atoms with van der Waals surface area (Å²) < 4.78 is 23.6. The number of sulfone groups is 1. The van der Waals surface area contributed by atoms with Crippen molar-refractivity contribution in [2.24, 2.45) is 10.4 Å². The number of nitrogens with zero attached hydrogens (tertiary/aromatic N) is 3. The number of carbonyl (C=O) groups is 2. The highest BCUT2D eigenvalue weighted by Crippen LogP contribution is 2.39. The lowest BCUT2D eigenvalue weighted by molar-refractivity contribution is -0.132. The van der Waals surface area contributed by atoms with Crippen molar-refractivity contribution in [1.82, 2.24) is 15.1 Å². The Balaban J connectivity index is 1.52. The molecule has 37 heavy (non-hydrogen) atoms. The molecular formula is C25H36Cl2N4O4S2. The number of aliphatic imine (C=N–C) groups is 1. The zero-order valence-corrected chi connectivity index (χ0v) is 24.9. The number of hydrogen-bond acceptors (Lipinski definition) is 7. The van der Waals surface area contributed by atoms with E-state index in [1.165, 1.54) is 0 Å². The maximum Gasteiger partial charge on any atom is 0.250 e. The molecule has 1 aromatic rings. The Labute approximate surface area is 234 Å². The largest absolute Gasteiger partial charge is 0.352 e. The van der Waals surface area contributed by atoms with Crippen LogP contribution < -0.4 is 5.32 Å². The van der Waals surface area contributed by atoms with E-state index in [0.29, 0.717) is 30.3 Å². The van der Waals surface area contributed by atoms with E-state index in [9.17, 15) is 18.0 Å². The Morgan fingerprint density at radius 1 is 1.30 bits per heavy atom. The summed E-state index contributed by atoms with van der Waals surface area (Å²) in [6, 6.07) is 2.19. The molecule has 2 amide bonds. The average Bonchev–Trinajstić information content (AvgIpc) is 3.28.